The van der Waals surface area contributed by atoms with Crippen molar-refractivity contribution in [1.82, 2.24) is 4.90 Å². The van der Waals surface area contributed by atoms with Gasteiger partial charge in [-0.25, -0.2) is 0 Å². The van der Waals surface area contributed by atoms with E-state index in [4.69, 9.17) is 4.74 Å². The third-order valence-corrected chi connectivity index (χ3v) is 5.57. The van der Waals surface area contributed by atoms with Crippen LogP contribution in [-0.4, -0.2) is 31.0 Å². The predicted octanol–water partition coefficient (Wildman–Crippen LogP) is 4.15. The molecule has 5 heteroatoms. The summed E-state index contributed by atoms with van der Waals surface area (Å²) in [6.07, 6.45) is 3.48. The van der Waals surface area contributed by atoms with E-state index in [0.717, 1.165) is 27.9 Å². The van der Waals surface area contributed by atoms with Crippen molar-refractivity contribution in [2.24, 2.45) is 0 Å². The SMILES string of the molecule is CN(CCOc1ccc(Br)cc1)C(=O)c1cc2c(s1)CCC2. The molecule has 1 amide bonds. The monoisotopic (exact) mass is 379 g/mol. The fourth-order valence-electron chi connectivity index (χ4n) is 2.56. The third-order valence-electron chi connectivity index (χ3n) is 3.81. The number of carbonyl (C=O) groups excluding carboxylic acids is 1. The number of benzene rings is 1. The van der Waals surface area contributed by atoms with Crippen LogP contribution in [0.1, 0.15) is 26.5 Å². The zero-order valence-electron chi connectivity index (χ0n) is 12.5. The van der Waals surface area contributed by atoms with Gasteiger partial charge in [0, 0.05) is 16.4 Å². The van der Waals surface area contributed by atoms with Crippen LogP contribution in [0.25, 0.3) is 0 Å². The summed E-state index contributed by atoms with van der Waals surface area (Å²) in [5, 5.41) is 0. The summed E-state index contributed by atoms with van der Waals surface area (Å²) in [5.74, 6) is 0.915. The van der Waals surface area contributed by atoms with Crippen molar-refractivity contribution in [1.29, 1.82) is 0 Å². The van der Waals surface area contributed by atoms with Crippen molar-refractivity contribution in [2.45, 2.75) is 19.3 Å². The number of hydrogen-bond donors (Lipinski definition) is 0. The second-order valence-electron chi connectivity index (χ2n) is 5.44. The minimum Gasteiger partial charge on any atom is -0.492 e. The molecular formula is C17H18BrNO2S. The van der Waals surface area contributed by atoms with Gasteiger partial charge in [0.25, 0.3) is 5.91 Å². The first-order chi connectivity index (χ1) is 10.6. The standard InChI is InChI=1S/C17H18BrNO2S/c1-19(9-10-21-14-7-5-13(18)6-8-14)17(20)16-11-12-3-2-4-15(12)22-16/h5-8,11H,2-4,9-10H2,1H3. The molecule has 0 atom stereocenters. The highest BCUT2D eigenvalue weighted by Crippen LogP contribution is 2.31. The maximum atomic E-state index is 12.4. The first kappa shape index (κ1) is 15.6. The molecule has 0 bridgehead atoms. The molecule has 0 saturated heterocycles. The fraction of sp³-hybridized carbons (Fsp3) is 0.353. The van der Waals surface area contributed by atoms with Gasteiger partial charge in [0.05, 0.1) is 11.4 Å². The summed E-state index contributed by atoms with van der Waals surface area (Å²) >= 11 is 5.05. The number of halogens is 1. The van der Waals surface area contributed by atoms with Crippen molar-refractivity contribution < 1.29 is 9.53 Å². The Labute approximate surface area is 143 Å². The molecule has 1 heterocycles. The summed E-state index contributed by atoms with van der Waals surface area (Å²) in [6.45, 7) is 1.08. The van der Waals surface area contributed by atoms with Crippen LogP contribution >= 0.6 is 27.3 Å². The molecule has 22 heavy (non-hydrogen) atoms. The van der Waals surface area contributed by atoms with Gasteiger partial charge in [-0.05, 0) is 55.2 Å². The van der Waals surface area contributed by atoms with Crippen LogP contribution < -0.4 is 4.74 Å². The number of aryl methyl sites for hydroxylation is 2. The van der Waals surface area contributed by atoms with Crippen molar-refractivity contribution in [2.75, 3.05) is 20.2 Å². The van der Waals surface area contributed by atoms with Crippen molar-refractivity contribution >= 4 is 33.2 Å². The normalized spacial score (nSPS) is 13.0. The van der Waals surface area contributed by atoms with Crippen molar-refractivity contribution in [3.05, 3.63) is 50.1 Å². The van der Waals surface area contributed by atoms with E-state index < -0.39 is 0 Å². The second kappa shape index (κ2) is 6.84. The third kappa shape index (κ3) is 3.52. The van der Waals surface area contributed by atoms with Gasteiger partial charge in [0.1, 0.15) is 12.4 Å². The van der Waals surface area contributed by atoms with Gasteiger partial charge in [-0.2, -0.15) is 0 Å². The minimum atomic E-state index is 0.0961. The molecule has 2 aromatic rings. The Bertz CT molecular complexity index is 644. The number of ether oxygens (including phenoxy) is 1. The Hall–Kier alpha value is -1.33. The van der Waals surface area contributed by atoms with Gasteiger partial charge in [0.2, 0.25) is 0 Å². The number of carbonyl (C=O) groups is 1. The molecule has 0 radical (unpaired) electrons. The minimum absolute atomic E-state index is 0.0961. The molecule has 0 saturated carbocycles. The molecule has 1 aliphatic rings. The largest absolute Gasteiger partial charge is 0.492 e. The van der Waals surface area contributed by atoms with E-state index in [1.165, 1.54) is 16.9 Å². The number of nitrogens with zero attached hydrogens (tertiary/aromatic N) is 1. The highest BCUT2D eigenvalue weighted by Gasteiger charge is 2.20. The molecule has 1 aliphatic carbocycles. The quantitative estimate of drug-likeness (QED) is 0.780. The highest BCUT2D eigenvalue weighted by molar-refractivity contribution is 9.10. The molecule has 0 N–H and O–H groups in total. The van der Waals surface area contributed by atoms with E-state index in [9.17, 15) is 4.79 Å². The number of rotatable bonds is 5. The molecule has 3 rings (SSSR count). The average molecular weight is 380 g/mol. The molecule has 0 spiro atoms. The Morgan fingerprint density at radius 3 is 2.82 bits per heavy atom. The van der Waals surface area contributed by atoms with Crippen LogP contribution in [-0.2, 0) is 12.8 Å². The van der Waals surface area contributed by atoms with Gasteiger partial charge in [0.15, 0.2) is 0 Å². The molecule has 3 nitrogen and oxygen atoms in total. The molecular weight excluding hydrogens is 362 g/mol. The van der Waals surface area contributed by atoms with E-state index >= 15 is 0 Å². The molecule has 1 aromatic heterocycles. The Kier molecular flexibility index (Phi) is 4.84. The lowest BCUT2D eigenvalue weighted by Gasteiger charge is -2.16. The summed E-state index contributed by atoms with van der Waals surface area (Å²) in [6, 6.07) is 9.78. The zero-order chi connectivity index (χ0) is 15.5. The average Bonchev–Trinajstić information content (AvgIpc) is 3.09. The van der Waals surface area contributed by atoms with Gasteiger partial charge >= 0.3 is 0 Å². The highest BCUT2D eigenvalue weighted by atomic mass is 79.9. The van der Waals surface area contributed by atoms with Crippen LogP contribution in [0.3, 0.4) is 0 Å². The number of hydrogen-bond acceptors (Lipinski definition) is 3. The summed E-state index contributed by atoms with van der Waals surface area (Å²) < 4.78 is 6.69. The Morgan fingerprint density at radius 2 is 2.09 bits per heavy atom. The molecule has 0 fully saturated rings. The summed E-state index contributed by atoms with van der Waals surface area (Å²) in [5.41, 5.74) is 1.37. The zero-order valence-corrected chi connectivity index (χ0v) is 14.9. The van der Waals surface area contributed by atoms with E-state index in [1.807, 2.05) is 31.3 Å². The van der Waals surface area contributed by atoms with Gasteiger partial charge in [-0.3, -0.25) is 4.79 Å². The van der Waals surface area contributed by atoms with Crippen LogP contribution in [0, 0.1) is 0 Å². The van der Waals surface area contributed by atoms with Crippen LogP contribution in [0.15, 0.2) is 34.8 Å². The number of fused-ring (bicyclic) bond motifs is 1. The Balaban J connectivity index is 1.51. The predicted molar refractivity (Wildman–Crippen MR) is 92.9 cm³/mol. The summed E-state index contributed by atoms with van der Waals surface area (Å²) in [7, 11) is 1.83. The second-order valence-corrected chi connectivity index (χ2v) is 7.49. The first-order valence-corrected chi connectivity index (χ1v) is 9.00. The maximum Gasteiger partial charge on any atom is 0.263 e. The Morgan fingerprint density at radius 1 is 1.32 bits per heavy atom. The van der Waals surface area contributed by atoms with E-state index in [2.05, 4.69) is 22.0 Å². The maximum absolute atomic E-state index is 12.4. The molecule has 0 aliphatic heterocycles. The first-order valence-electron chi connectivity index (χ1n) is 7.39. The van der Waals surface area contributed by atoms with Crippen LogP contribution in [0.4, 0.5) is 0 Å². The lowest BCUT2D eigenvalue weighted by Crippen LogP contribution is -2.30. The number of amides is 1. The van der Waals surface area contributed by atoms with E-state index in [1.54, 1.807) is 16.2 Å². The van der Waals surface area contributed by atoms with E-state index in [-0.39, 0.29) is 5.91 Å². The molecule has 116 valence electrons. The summed E-state index contributed by atoms with van der Waals surface area (Å²) in [4.78, 5) is 16.4. The van der Waals surface area contributed by atoms with Gasteiger partial charge < -0.3 is 9.64 Å². The topological polar surface area (TPSA) is 29.5 Å². The van der Waals surface area contributed by atoms with Crippen LogP contribution in [0.5, 0.6) is 5.75 Å². The molecule has 0 unspecified atom stereocenters. The van der Waals surface area contributed by atoms with Gasteiger partial charge in [-0.15, -0.1) is 11.3 Å². The number of likely N-dealkylation sites (N-methyl/N-ethyl adjacent to an activating group) is 1. The van der Waals surface area contributed by atoms with Gasteiger partial charge in [-0.1, -0.05) is 15.9 Å². The fourth-order valence-corrected chi connectivity index (χ4v) is 4.07. The lowest BCUT2D eigenvalue weighted by atomic mass is 10.2. The van der Waals surface area contributed by atoms with Crippen molar-refractivity contribution in [3.8, 4) is 5.75 Å². The van der Waals surface area contributed by atoms with Crippen LogP contribution in [0.2, 0.25) is 0 Å². The lowest BCUT2D eigenvalue weighted by molar-refractivity contribution is 0.0778. The molecule has 1 aromatic carbocycles. The van der Waals surface area contributed by atoms with Crippen molar-refractivity contribution in [3.63, 3.8) is 0 Å². The van der Waals surface area contributed by atoms with E-state index in [0.29, 0.717) is 13.2 Å². The smallest absolute Gasteiger partial charge is 0.263 e. The number of thiophene rings is 1.